The summed E-state index contributed by atoms with van der Waals surface area (Å²) in [5, 5.41) is 0. The molecule has 2 nitrogen and oxygen atoms in total. The van der Waals surface area contributed by atoms with Gasteiger partial charge in [-0.25, -0.2) is 0 Å². The summed E-state index contributed by atoms with van der Waals surface area (Å²) < 4.78 is 0. The highest BCUT2D eigenvalue weighted by molar-refractivity contribution is 4.81. The average Bonchev–Trinajstić information content (AvgIpc) is 1.83. The van der Waals surface area contributed by atoms with E-state index in [1.165, 1.54) is 19.3 Å². The van der Waals surface area contributed by atoms with Crippen molar-refractivity contribution in [3.05, 3.63) is 0 Å². The maximum absolute atomic E-state index is 6.00. The van der Waals surface area contributed by atoms with Gasteiger partial charge in [0.25, 0.3) is 0 Å². The molecule has 11 heavy (non-hydrogen) atoms. The zero-order valence-corrected chi connectivity index (χ0v) is 7.42. The van der Waals surface area contributed by atoms with E-state index >= 15 is 0 Å². The van der Waals surface area contributed by atoms with Crippen molar-refractivity contribution in [1.29, 1.82) is 0 Å². The summed E-state index contributed by atoms with van der Waals surface area (Å²) in [6, 6.07) is 0.419. The molecule has 0 radical (unpaired) electrons. The Kier molecular flexibility index (Phi) is 3.34. The van der Waals surface area contributed by atoms with E-state index in [9.17, 15) is 0 Å². The fraction of sp³-hybridized carbons (Fsp3) is 1.00. The van der Waals surface area contributed by atoms with Gasteiger partial charge in [-0.2, -0.15) is 0 Å². The Morgan fingerprint density at radius 2 is 2.09 bits per heavy atom. The van der Waals surface area contributed by atoms with Crippen LogP contribution in [0.5, 0.6) is 0 Å². The number of nitrogens with two attached hydrogens (primary N) is 2. The van der Waals surface area contributed by atoms with Crippen molar-refractivity contribution in [3.63, 3.8) is 0 Å². The van der Waals surface area contributed by atoms with Gasteiger partial charge in [0.2, 0.25) is 0 Å². The highest BCUT2D eigenvalue weighted by atomic mass is 14.7. The summed E-state index contributed by atoms with van der Waals surface area (Å²) in [5.41, 5.74) is 11.5. The molecule has 1 fully saturated rings. The third-order valence-electron chi connectivity index (χ3n) is 2.83. The molecule has 0 aromatic heterocycles. The van der Waals surface area contributed by atoms with Gasteiger partial charge < -0.3 is 11.5 Å². The molecule has 0 amide bonds. The molecule has 1 aliphatic carbocycles. The summed E-state index contributed by atoms with van der Waals surface area (Å²) in [4.78, 5) is 0. The van der Waals surface area contributed by atoms with Crippen molar-refractivity contribution in [1.82, 2.24) is 0 Å². The van der Waals surface area contributed by atoms with Crippen LogP contribution in [-0.4, -0.2) is 12.6 Å². The van der Waals surface area contributed by atoms with Crippen LogP contribution in [0.2, 0.25) is 0 Å². The normalized spacial score (nSPS) is 24.3. The highest BCUT2D eigenvalue weighted by Gasteiger charge is 2.24. The first-order valence-corrected chi connectivity index (χ1v) is 4.69. The molecule has 0 aromatic rings. The van der Waals surface area contributed by atoms with E-state index in [2.05, 4.69) is 6.92 Å². The third-order valence-corrected chi connectivity index (χ3v) is 2.83. The molecule has 0 spiro atoms. The largest absolute Gasteiger partial charge is 0.330 e. The summed E-state index contributed by atoms with van der Waals surface area (Å²) in [7, 11) is 0. The predicted octanol–water partition coefficient (Wildman–Crippen LogP) is 1.10. The van der Waals surface area contributed by atoms with Gasteiger partial charge >= 0.3 is 0 Å². The van der Waals surface area contributed by atoms with Gasteiger partial charge in [-0.1, -0.05) is 13.3 Å². The van der Waals surface area contributed by atoms with Crippen LogP contribution in [-0.2, 0) is 0 Å². The summed E-state index contributed by atoms with van der Waals surface area (Å²) in [6.45, 7) is 2.96. The zero-order chi connectivity index (χ0) is 8.27. The van der Waals surface area contributed by atoms with Gasteiger partial charge in [0.15, 0.2) is 0 Å². The molecule has 1 rings (SSSR count). The van der Waals surface area contributed by atoms with E-state index in [4.69, 9.17) is 11.5 Å². The van der Waals surface area contributed by atoms with E-state index < -0.39 is 0 Å². The van der Waals surface area contributed by atoms with Gasteiger partial charge in [0.1, 0.15) is 0 Å². The van der Waals surface area contributed by atoms with Crippen molar-refractivity contribution < 1.29 is 0 Å². The maximum Gasteiger partial charge on any atom is 0.00701 e. The number of rotatable bonds is 4. The molecular weight excluding hydrogens is 136 g/mol. The lowest BCUT2D eigenvalue weighted by atomic mass is 9.77. The quantitative estimate of drug-likeness (QED) is 0.640. The first-order chi connectivity index (χ1) is 5.24. The lowest BCUT2D eigenvalue weighted by molar-refractivity contribution is 0.236. The summed E-state index contributed by atoms with van der Waals surface area (Å²) in [5.74, 6) is 1.41. The van der Waals surface area contributed by atoms with E-state index in [-0.39, 0.29) is 0 Å². The molecule has 2 unspecified atom stereocenters. The molecule has 0 aromatic carbocycles. The molecule has 66 valence electrons. The van der Waals surface area contributed by atoms with Crippen molar-refractivity contribution in [2.24, 2.45) is 23.3 Å². The molecule has 2 atom stereocenters. The number of hydrogen-bond acceptors (Lipinski definition) is 2. The second kappa shape index (κ2) is 4.07. The second-order valence-corrected chi connectivity index (χ2v) is 3.93. The van der Waals surface area contributed by atoms with E-state index in [0.717, 1.165) is 18.9 Å². The Bertz CT molecular complexity index is 110. The van der Waals surface area contributed by atoms with E-state index in [1.807, 2.05) is 0 Å². The molecule has 1 aliphatic rings. The predicted molar refractivity (Wildman–Crippen MR) is 48.2 cm³/mol. The van der Waals surface area contributed by atoms with Crippen LogP contribution < -0.4 is 11.5 Å². The standard InChI is InChI=1S/C9H20N2/c1-7(6-10)5-9(11)8-3-2-4-8/h7-9H,2-6,10-11H2,1H3. The van der Waals surface area contributed by atoms with E-state index in [0.29, 0.717) is 12.0 Å². The zero-order valence-electron chi connectivity index (χ0n) is 7.42. The smallest absolute Gasteiger partial charge is 0.00701 e. The minimum Gasteiger partial charge on any atom is -0.330 e. The first kappa shape index (κ1) is 9.01. The van der Waals surface area contributed by atoms with Crippen LogP contribution in [0.15, 0.2) is 0 Å². The van der Waals surface area contributed by atoms with Gasteiger partial charge in [0.05, 0.1) is 0 Å². The Morgan fingerprint density at radius 1 is 1.45 bits per heavy atom. The van der Waals surface area contributed by atoms with Crippen LogP contribution in [0.4, 0.5) is 0 Å². The SMILES string of the molecule is CC(CN)CC(N)C1CCC1. The van der Waals surface area contributed by atoms with Gasteiger partial charge in [0, 0.05) is 6.04 Å². The van der Waals surface area contributed by atoms with Crippen LogP contribution in [0.25, 0.3) is 0 Å². The topological polar surface area (TPSA) is 52.0 Å². The Labute approximate surface area is 69.3 Å². The Morgan fingerprint density at radius 3 is 2.45 bits per heavy atom. The van der Waals surface area contributed by atoms with Gasteiger partial charge in [-0.3, -0.25) is 0 Å². The van der Waals surface area contributed by atoms with Gasteiger partial charge in [-0.15, -0.1) is 0 Å². The molecule has 0 bridgehead atoms. The van der Waals surface area contributed by atoms with Crippen molar-refractivity contribution in [2.75, 3.05) is 6.54 Å². The van der Waals surface area contributed by atoms with Crippen molar-refractivity contribution in [2.45, 2.75) is 38.6 Å². The Balaban J connectivity index is 2.13. The van der Waals surface area contributed by atoms with Crippen molar-refractivity contribution >= 4 is 0 Å². The fourth-order valence-corrected chi connectivity index (χ4v) is 1.62. The molecule has 0 aliphatic heterocycles. The van der Waals surface area contributed by atoms with Crippen LogP contribution in [0, 0.1) is 11.8 Å². The lowest BCUT2D eigenvalue weighted by Gasteiger charge is -2.32. The molecule has 4 N–H and O–H groups in total. The Hall–Kier alpha value is -0.0800. The van der Waals surface area contributed by atoms with Crippen LogP contribution >= 0.6 is 0 Å². The fourth-order valence-electron chi connectivity index (χ4n) is 1.62. The second-order valence-electron chi connectivity index (χ2n) is 3.93. The maximum atomic E-state index is 6.00. The molecule has 0 saturated heterocycles. The van der Waals surface area contributed by atoms with Gasteiger partial charge in [-0.05, 0) is 37.6 Å². The summed E-state index contributed by atoms with van der Waals surface area (Å²) >= 11 is 0. The highest BCUT2D eigenvalue weighted by Crippen LogP contribution is 2.30. The molecule has 2 heteroatoms. The third kappa shape index (κ3) is 2.46. The number of hydrogen-bond donors (Lipinski definition) is 2. The van der Waals surface area contributed by atoms with Crippen LogP contribution in [0.1, 0.15) is 32.6 Å². The molecular formula is C9H20N2. The summed E-state index contributed by atoms with van der Waals surface area (Å²) in [6.07, 6.45) is 5.19. The minimum atomic E-state index is 0.419. The average molecular weight is 156 g/mol. The first-order valence-electron chi connectivity index (χ1n) is 4.69. The lowest BCUT2D eigenvalue weighted by Crippen LogP contribution is -2.36. The van der Waals surface area contributed by atoms with Crippen molar-refractivity contribution in [3.8, 4) is 0 Å². The monoisotopic (exact) mass is 156 g/mol. The van der Waals surface area contributed by atoms with Crippen LogP contribution in [0.3, 0.4) is 0 Å². The van der Waals surface area contributed by atoms with E-state index in [1.54, 1.807) is 0 Å². The molecule has 1 saturated carbocycles. The molecule has 0 heterocycles. The minimum absolute atomic E-state index is 0.419.